The molecule has 0 aliphatic carbocycles. The number of morpholine rings is 1. The van der Waals surface area contributed by atoms with Crippen molar-refractivity contribution in [3.63, 3.8) is 0 Å². The Morgan fingerprint density at radius 3 is 3.21 bits per heavy atom. The van der Waals surface area contributed by atoms with Crippen LogP contribution in [0, 0.1) is 0 Å². The van der Waals surface area contributed by atoms with Crippen molar-refractivity contribution < 1.29 is 4.74 Å². The minimum absolute atomic E-state index is 0.262. The summed E-state index contributed by atoms with van der Waals surface area (Å²) in [4.78, 5) is 6.63. The van der Waals surface area contributed by atoms with Crippen LogP contribution in [0.5, 0.6) is 0 Å². The first-order valence-electron chi connectivity index (χ1n) is 6.68. The van der Waals surface area contributed by atoms with E-state index >= 15 is 0 Å². The molecule has 0 saturated carbocycles. The summed E-state index contributed by atoms with van der Waals surface area (Å²) in [6, 6.07) is 6.39. The fourth-order valence-corrected chi connectivity index (χ4v) is 2.51. The average Bonchev–Trinajstić information content (AvgIpc) is 2.81. The molecular weight excluding hydrogens is 240 g/mol. The third kappa shape index (κ3) is 2.57. The summed E-state index contributed by atoms with van der Waals surface area (Å²) >= 11 is 0. The Morgan fingerprint density at radius 2 is 2.42 bits per heavy atom. The summed E-state index contributed by atoms with van der Waals surface area (Å²) in [5.74, 6) is 0. The van der Waals surface area contributed by atoms with E-state index in [2.05, 4.69) is 40.4 Å². The molecule has 5 heteroatoms. The van der Waals surface area contributed by atoms with Gasteiger partial charge in [-0.05, 0) is 18.2 Å². The second kappa shape index (κ2) is 5.19. The van der Waals surface area contributed by atoms with Gasteiger partial charge in [0.15, 0.2) is 0 Å². The van der Waals surface area contributed by atoms with Gasteiger partial charge in [0.1, 0.15) is 0 Å². The van der Waals surface area contributed by atoms with Crippen molar-refractivity contribution in [3.05, 3.63) is 24.5 Å². The third-order valence-corrected chi connectivity index (χ3v) is 3.63. The van der Waals surface area contributed by atoms with Crippen LogP contribution in [0.1, 0.15) is 0 Å². The van der Waals surface area contributed by atoms with Crippen molar-refractivity contribution in [2.45, 2.75) is 6.10 Å². The van der Waals surface area contributed by atoms with E-state index in [1.54, 1.807) is 0 Å². The van der Waals surface area contributed by atoms with Gasteiger partial charge in [0, 0.05) is 39.4 Å². The van der Waals surface area contributed by atoms with Gasteiger partial charge in [0.05, 0.1) is 30.1 Å². The first kappa shape index (κ1) is 12.4. The van der Waals surface area contributed by atoms with E-state index in [-0.39, 0.29) is 6.10 Å². The zero-order valence-electron chi connectivity index (χ0n) is 11.5. The zero-order chi connectivity index (χ0) is 13.2. The molecule has 1 unspecified atom stereocenters. The summed E-state index contributed by atoms with van der Waals surface area (Å²) in [5, 5.41) is 3.36. The highest BCUT2D eigenvalue weighted by molar-refractivity contribution is 5.79. The second-order valence-electron chi connectivity index (χ2n) is 5.11. The van der Waals surface area contributed by atoms with Crippen molar-refractivity contribution in [1.82, 2.24) is 14.9 Å². The lowest BCUT2D eigenvalue weighted by atomic mass is 10.2. The molecule has 5 nitrogen and oxygen atoms in total. The molecule has 19 heavy (non-hydrogen) atoms. The number of nitrogens with one attached hydrogen (secondary N) is 1. The van der Waals surface area contributed by atoms with Crippen molar-refractivity contribution in [2.24, 2.45) is 7.05 Å². The highest BCUT2D eigenvalue weighted by atomic mass is 16.5. The molecule has 1 aromatic carbocycles. The second-order valence-corrected chi connectivity index (χ2v) is 5.11. The molecule has 1 atom stereocenters. The summed E-state index contributed by atoms with van der Waals surface area (Å²) in [5.41, 5.74) is 3.38. The summed E-state index contributed by atoms with van der Waals surface area (Å²) in [6.45, 7) is 3.58. The molecule has 1 saturated heterocycles. The van der Waals surface area contributed by atoms with E-state index in [1.807, 2.05) is 17.9 Å². The van der Waals surface area contributed by atoms with Crippen LogP contribution in [0.3, 0.4) is 0 Å². The lowest BCUT2D eigenvalue weighted by molar-refractivity contribution is 0.0340. The van der Waals surface area contributed by atoms with Crippen LogP contribution in [0.15, 0.2) is 24.5 Å². The Morgan fingerprint density at radius 1 is 1.53 bits per heavy atom. The molecule has 3 rings (SSSR count). The molecule has 0 amide bonds. The summed E-state index contributed by atoms with van der Waals surface area (Å²) < 4.78 is 7.77. The van der Waals surface area contributed by atoms with Crippen molar-refractivity contribution >= 4 is 16.7 Å². The molecule has 1 aliphatic rings. The molecule has 0 spiro atoms. The Hall–Kier alpha value is -1.59. The minimum Gasteiger partial charge on any atom is -0.374 e. The van der Waals surface area contributed by atoms with E-state index in [0.29, 0.717) is 0 Å². The topological polar surface area (TPSA) is 42.3 Å². The van der Waals surface area contributed by atoms with E-state index in [9.17, 15) is 0 Å². The lowest BCUT2D eigenvalue weighted by Gasteiger charge is -2.29. The lowest BCUT2D eigenvalue weighted by Crippen LogP contribution is -2.44. The molecule has 2 aromatic rings. The van der Waals surface area contributed by atoms with E-state index < -0.39 is 0 Å². The van der Waals surface area contributed by atoms with Crippen molar-refractivity contribution in [3.8, 4) is 0 Å². The quantitative estimate of drug-likeness (QED) is 0.894. The molecule has 2 heterocycles. The maximum Gasteiger partial charge on any atom is 0.0955 e. The van der Waals surface area contributed by atoms with Gasteiger partial charge in [-0.15, -0.1) is 0 Å². The monoisotopic (exact) mass is 260 g/mol. The SMILES string of the molecule is CN(CC1CNCCO1)c1ccc2c(c1)ncn2C. The Kier molecular flexibility index (Phi) is 3.40. The number of aromatic nitrogens is 2. The number of benzene rings is 1. The molecule has 0 bridgehead atoms. The Labute approximate surface area is 113 Å². The number of hydrogen-bond acceptors (Lipinski definition) is 4. The zero-order valence-corrected chi connectivity index (χ0v) is 11.5. The fraction of sp³-hybridized carbons (Fsp3) is 0.500. The highest BCUT2D eigenvalue weighted by Gasteiger charge is 2.16. The molecule has 1 N–H and O–H groups in total. The van der Waals surface area contributed by atoms with Gasteiger partial charge >= 0.3 is 0 Å². The van der Waals surface area contributed by atoms with Gasteiger partial charge in [0.2, 0.25) is 0 Å². The number of ether oxygens (including phenoxy) is 1. The van der Waals surface area contributed by atoms with E-state index in [0.717, 1.165) is 37.3 Å². The Balaban J connectivity index is 1.75. The van der Waals surface area contributed by atoms with Crippen LogP contribution in [0.2, 0.25) is 0 Å². The first-order valence-corrected chi connectivity index (χ1v) is 6.68. The molecular formula is C14H20N4O. The van der Waals surface area contributed by atoms with Crippen LogP contribution in [0.4, 0.5) is 5.69 Å². The average molecular weight is 260 g/mol. The van der Waals surface area contributed by atoms with Gasteiger partial charge in [-0.1, -0.05) is 0 Å². The summed E-state index contributed by atoms with van der Waals surface area (Å²) in [6.07, 6.45) is 2.11. The predicted octanol–water partition coefficient (Wildman–Crippen LogP) is 0.998. The van der Waals surface area contributed by atoms with Crippen LogP contribution >= 0.6 is 0 Å². The number of fused-ring (bicyclic) bond motifs is 1. The van der Waals surface area contributed by atoms with Crippen LogP contribution in [0.25, 0.3) is 11.0 Å². The standard InChI is InChI=1S/C14H20N4O/c1-17(9-12-8-15-5-6-19-12)11-3-4-14-13(7-11)16-10-18(14)2/h3-4,7,10,12,15H,5-6,8-9H2,1-2H3. The fourth-order valence-electron chi connectivity index (χ4n) is 2.51. The van der Waals surface area contributed by atoms with E-state index in [1.165, 1.54) is 5.69 Å². The molecule has 0 radical (unpaired) electrons. The maximum absolute atomic E-state index is 5.74. The van der Waals surface area contributed by atoms with Crippen LogP contribution in [-0.2, 0) is 11.8 Å². The van der Waals surface area contributed by atoms with Gasteiger partial charge < -0.3 is 19.5 Å². The largest absolute Gasteiger partial charge is 0.374 e. The molecule has 1 fully saturated rings. The number of likely N-dealkylation sites (N-methyl/N-ethyl adjacent to an activating group) is 1. The molecule has 1 aliphatic heterocycles. The highest BCUT2D eigenvalue weighted by Crippen LogP contribution is 2.20. The number of imidazole rings is 1. The van der Waals surface area contributed by atoms with Gasteiger partial charge in [0.25, 0.3) is 0 Å². The van der Waals surface area contributed by atoms with Crippen molar-refractivity contribution in [2.75, 3.05) is 38.2 Å². The molecule has 1 aromatic heterocycles. The van der Waals surface area contributed by atoms with Crippen LogP contribution < -0.4 is 10.2 Å². The number of hydrogen-bond donors (Lipinski definition) is 1. The van der Waals surface area contributed by atoms with Crippen LogP contribution in [-0.4, -0.2) is 48.9 Å². The van der Waals surface area contributed by atoms with Gasteiger partial charge in [-0.25, -0.2) is 4.98 Å². The predicted molar refractivity (Wildman–Crippen MR) is 76.6 cm³/mol. The first-order chi connectivity index (χ1) is 9.24. The molecule has 102 valence electrons. The normalized spacial score (nSPS) is 19.8. The summed E-state index contributed by atoms with van der Waals surface area (Å²) in [7, 11) is 4.11. The number of aryl methyl sites for hydroxylation is 1. The maximum atomic E-state index is 5.74. The number of rotatable bonds is 3. The van der Waals surface area contributed by atoms with E-state index in [4.69, 9.17) is 4.74 Å². The third-order valence-electron chi connectivity index (χ3n) is 3.63. The number of nitrogens with zero attached hydrogens (tertiary/aromatic N) is 3. The van der Waals surface area contributed by atoms with Gasteiger partial charge in [-0.3, -0.25) is 0 Å². The number of anilines is 1. The Bertz CT molecular complexity index is 560. The van der Waals surface area contributed by atoms with Gasteiger partial charge in [-0.2, -0.15) is 0 Å². The smallest absolute Gasteiger partial charge is 0.0955 e. The minimum atomic E-state index is 0.262. The van der Waals surface area contributed by atoms with Crippen molar-refractivity contribution in [1.29, 1.82) is 0 Å².